The Morgan fingerprint density at radius 1 is 1.14 bits per heavy atom. The van der Waals surface area contributed by atoms with Crippen molar-refractivity contribution in [3.05, 3.63) is 20.9 Å². The van der Waals surface area contributed by atoms with Crippen LogP contribution in [0.1, 0.15) is 0 Å². The summed E-state index contributed by atoms with van der Waals surface area (Å²) in [6.07, 6.45) is 0. The smallest absolute Gasteiger partial charge is 0.00996 e. The topological polar surface area (TPSA) is 110 Å². The fourth-order valence-corrected chi connectivity index (χ4v) is 0.0600. The summed E-state index contributed by atoms with van der Waals surface area (Å²) in [5.74, 6) is 0. The monoisotopic (exact) mass is 99.0 g/mol. The molecule has 1 N–H and O–H groups in total. The Kier molecular flexibility index (Phi) is 3.42. The van der Waals surface area contributed by atoms with Crippen LogP contribution >= 0.6 is 0 Å². The molecule has 0 spiro atoms. The third-order valence-corrected chi connectivity index (χ3v) is 0.179. The van der Waals surface area contributed by atoms with E-state index in [2.05, 4.69) is 20.3 Å². The van der Waals surface area contributed by atoms with Crippen LogP contribution in [0.2, 0.25) is 0 Å². The summed E-state index contributed by atoms with van der Waals surface area (Å²) < 4.78 is 0. The molecule has 36 valence electrons. The van der Waals surface area contributed by atoms with E-state index in [9.17, 15) is 0 Å². The van der Waals surface area contributed by atoms with E-state index in [1.54, 1.807) is 5.53 Å². The summed E-state index contributed by atoms with van der Waals surface area (Å²) in [4.78, 5) is 4.44. The highest BCUT2D eigenvalue weighted by molar-refractivity contribution is 4.36. The molecule has 0 atom stereocenters. The summed E-state index contributed by atoms with van der Waals surface area (Å²) in [5, 5.41) is 5.34. The van der Waals surface area contributed by atoms with Gasteiger partial charge in [0.25, 0.3) is 0 Å². The lowest BCUT2D eigenvalue weighted by Gasteiger charge is -1.72. The van der Waals surface area contributed by atoms with Crippen molar-refractivity contribution in [3.8, 4) is 0 Å². The molecule has 0 aliphatic heterocycles. The van der Waals surface area contributed by atoms with E-state index in [0.717, 1.165) is 0 Å². The Balaban J connectivity index is 3.33. The largest absolute Gasteiger partial charge is 0.179 e. The maximum Gasteiger partial charge on any atom is -0.00996 e. The lowest BCUT2D eigenvalue weighted by atomic mass is 12.4. The van der Waals surface area contributed by atoms with E-state index >= 15 is 0 Å². The number of rotatable bonds is 2. The van der Waals surface area contributed by atoms with Gasteiger partial charge in [0.15, 0.2) is 0 Å². The molecule has 0 amide bonds. The van der Waals surface area contributed by atoms with Gasteiger partial charge >= 0.3 is 0 Å². The van der Waals surface area contributed by atoms with Gasteiger partial charge in [0.1, 0.15) is 0 Å². The molecule has 0 saturated carbocycles. The van der Waals surface area contributed by atoms with Crippen LogP contribution in [-0.4, -0.2) is 0 Å². The first-order valence-electron chi connectivity index (χ1n) is 1.25. The third-order valence-electron chi connectivity index (χ3n) is 0.179. The SMILES string of the molecule is [N-]=[N+]=NNN=[N+]=[N-]. The zero-order chi connectivity index (χ0) is 5.54. The first-order valence-corrected chi connectivity index (χ1v) is 1.25. The van der Waals surface area contributed by atoms with Crippen LogP contribution in [0.5, 0.6) is 0 Å². The molecular formula is HN7. The highest BCUT2D eigenvalue weighted by Crippen LogP contribution is 1.60. The minimum absolute atomic E-state index is 1.70. The first kappa shape index (κ1) is 5.42. The van der Waals surface area contributed by atoms with Crippen molar-refractivity contribution < 1.29 is 0 Å². The molecule has 0 aliphatic carbocycles. The molecule has 0 aromatic rings. The van der Waals surface area contributed by atoms with Crippen molar-refractivity contribution in [2.75, 3.05) is 0 Å². The molecule has 0 heterocycles. The molecule has 7 nitrogen and oxygen atoms in total. The highest BCUT2D eigenvalue weighted by atomic mass is 15.6. The Hall–Kier alpha value is -1.58. The predicted octanol–water partition coefficient (Wildman–Crippen LogP) is 1.03. The molecule has 0 radical (unpaired) electrons. The van der Waals surface area contributed by atoms with Gasteiger partial charge in [-0.2, -0.15) is 15.4 Å². The first-order chi connectivity index (χ1) is 3.41. The summed E-state index contributed by atoms with van der Waals surface area (Å²) >= 11 is 0. The molecule has 7 heteroatoms. The van der Waals surface area contributed by atoms with Crippen LogP contribution in [0, 0.1) is 0 Å². The maximum atomic E-state index is 7.51. The number of nitrogens with one attached hydrogen (secondary N) is 1. The number of hydrogen-bond acceptors (Lipinski definition) is 2. The van der Waals surface area contributed by atoms with Crippen molar-refractivity contribution in [1.82, 2.24) is 5.53 Å². The molecule has 0 aromatic carbocycles. The molecule has 0 aromatic heterocycles. The van der Waals surface area contributed by atoms with Crippen LogP contribution in [-0.2, 0) is 0 Å². The van der Waals surface area contributed by atoms with Crippen LogP contribution in [0.4, 0.5) is 0 Å². The molecular weight excluding hydrogens is 98.0 g/mol. The molecule has 0 aliphatic rings. The number of nitrogens with zero attached hydrogens (tertiary/aromatic N) is 6. The van der Waals surface area contributed by atoms with Gasteiger partial charge in [0, 0.05) is 0 Å². The Morgan fingerprint density at radius 3 is 1.86 bits per heavy atom. The Labute approximate surface area is 38.1 Å². The van der Waals surface area contributed by atoms with Crippen molar-refractivity contribution in [1.29, 1.82) is 0 Å². The predicted molar refractivity (Wildman–Crippen MR) is 21.4 cm³/mol. The second kappa shape index (κ2) is 4.42. The highest BCUT2D eigenvalue weighted by Gasteiger charge is 1.53. The Morgan fingerprint density at radius 2 is 1.57 bits per heavy atom. The third kappa shape index (κ3) is 4.42. The van der Waals surface area contributed by atoms with Crippen molar-refractivity contribution in [3.63, 3.8) is 0 Å². The fourth-order valence-electron chi connectivity index (χ4n) is 0.0600. The van der Waals surface area contributed by atoms with Crippen molar-refractivity contribution in [2.45, 2.75) is 0 Å². The second-order valence-electron chi connectivity index (χ2n) is 0.479. The van der Waals surface area contributed by atoms with E-state index in [4.69, 9.17) is 11.1 Å². The van der Waals surface area contributed by atoms with Crippen molar-refractivity contribution in [2.24, 2.45) is 10.4 Å². The average Bonchev–Trinajstić information content (AvgIpc) is 1.69. The van der Waals surface area contributed by atoms with Crippen LogP contribution in [0.15, 0.2) is 10.4 Å². The van der Waals surface area contributed by atoms with Gasteiger partial charge in [-0.25, -0.2) is 0 Å². The van der Waals surface area contributed by atoms with Gasteiger partial charge in [-0.1, -0.05) is 0 Å². The van der Waals surface area contributed by atoms with Crippen LogP contribution < -0.4 is 5.53 Å². The molecule has 0 saturated heterocycles. The van der Waals surface area contributed by atoms with E-state index in [1.807, 2.05) is 0 Å². The van der Waals surface area contributed by atoms with E-state index < -0.39 is 0 Å². The number of azide groups is 1. The summed E-state index contributed by atoms with van der Waals surface area (Å²) in [6.45, 7) is 0. The lowest BCUT2D eigenvalue weighted by Crippen LogP contribution is -1.84. The minimum atomic E-state index is 1.70. The van der Waals surface area contributed by atoms with Gasteiger partial charge in [0.05, 0.1) is 0 Å². The average molecular weight is 99.1 g/mol. The molecule has 7 heavy (non-hydrogen) atoms. The number of hydrogen-bond donors (Lipinski definition) is 1. The Bertz CT molecular complexity index is 103. The molecule has 0 fully saturated rings. The lowest BCUT2D eigenvalue weighted by molar-refractivity contribution is 0.782. The van der Waals surface area contributed by atoms with E-state index in [1.165, 1.54) is 0 Å². The summed E-state index contributed by atoms with van der Waals surface area (Å²) in [7, 11) is 0. The molecule has 0 rings (SSSR count). The van der Waals surface area contributed by atoms with Gasteiger partial charge in [0.2, 0.25) is 0 Å². The van der Waals surface area contributed by atoms with Gasteiger partial charge in [-0.15, -0.1) is 11.1 Å². The van der Waals surface area contributed by atoms with Gasteiger partial charge in [-0.05, 0) is 10.4 Å². The van der Waals surface area contributed by atoms with Crippen LogP contribution in [0.3, 0.4) is 0 Å². The fraction of sp³-hybridized carbons (Fsp3) is 0. The normalized spacial score (nSPS) is 5.14. The molecule has 0 bridgehead atoms. The summed E-state index contributed by atoms with van der Waals surface area (Å²) in [6, 6.07) is 0. The second-order valence-corrected chi connectivity index (χ2v) is 0.479. The zero-order valence-electron chi connectivity index (χ0n) is 3.18. The van der Waals surface area contributed by atoms with Gasteiger partial charge < -0.3 is 0 Å². The van der Waals surface area contributed by atoms with Crippen molar-refractivity contribution >= 4 is 0 Å². The standard InChI is InChI=1S/HN7/c1-3-5-7-6-4-2/h7H. The maximum absolute atomic E-state index is 7.51. The quantitative estimate of drug-likeness (QED) is 0.237. The minimum Gasteiger partial charge on any atom is -0.179 e. The van der Waals surface area contributed by atoms with E-state index in [0.29, 0.717) is 0 Å². The van der Waals surface area contributed by atoms with Crippen LogP contribution in [0.25, 0.3) is 20.9 Å². The summed E-state index contributed by atoms with van der Waals surface area (Å²) in [5.41, 5.74) is 16.7. The molecule has 0 unspecified atom stereocenters. The zero-order valence-corrected chi connectivity index (χ0v) is 3.18. The van der Waals surface area contributed by atoms with Gasteiger partial charge in [-0.3, -0.25) is 0 Å². The van der Waals surface area contributed by atoms with E-state index in [-0.39, 0.29) is 0 Å².